The van der Waals surface area contributed by atoms with E-state index in [0.29, 0.717) is 50.5 Å². The van der Waals surface area contributed by atoms with Gasteiger partial charge in [-0.1, -0.05) is 83.1 Å². The maximum absolute atomic E-state index is 17.0. The Hall–Kier alpha value is -5.84. The highest BCUT2D eigenvalue weighted by atomic mass is 35.5. The van der Waals surface area contributed by atoms with Crippen molar-refractivity contribution in [3.63, 3.8) is 0 Å². The van der Waals surface area contributed by atoms with Crippen LogP contribution in [0.2, 0.25) is 0 Å². The summed E-state index contributed by atoms with van der Waals surface area (Å²) in [5.74, 6) is -5.84. The fourth-order valence-corrected chi connectivity index (χ4v) is 22.6. The fraction of sp³-hybridized carbons (Fsp3) is 0.689. The Labute approximate surface area is 564 Å². The number of aliphatic hydroxyl groups excluding tert-OH is 3. The first-order chi connectivity index (χ1) is 44.7. The second-order valence-electron chi connectivity index (χ2n) is 31.0. The van der Waals surface area contributed by atoms with Crippen molar-refractivity contribution in [2.75, 3.05) is 32.3 Å². The number of fused-ring (bicyclic) bond motifs is 15. The second kappa shape index (κ2) is 25.1. The number of halogens is 3. The van der Waals surface area contributed by atoms with Gasteiger partial charge in [-0.2, -0.15) is 0 Å². The van der Waals surface area contributed by atoms with Gasteiger partial charge in [0, 0.05) is 63.1 Å². The van der Waals surface area contributed by atoms with Gasteiger partial charge in [-0.15, -0.1) is 11.6 Å². The van der Waals surface area contributed by atoms with Crippen LogP contribution >= 0.6 is 11.6 Å². The number of carbonyl (C=O) groups is 9. The molecule has 22 heteroatoms. The number of esters is 1. The summed E-state index contributed by atoms with van der Waals surface area (Å²) in [6, 6.07) is 0. The van der Waals surface area contributed by atoms with E-state index in [1.54, 1.807) is 58.9 Å². The third-order valence-electron chi connectivity index (χ3n) is 27.0. The molecule has 12 rings (SSSR count). The van der Waals surface area contributed by atoms with Crippen LogP contribution in [0.25, 0.3) is 0 Å². The van der Waals surface area contributed by atoms with E-state index >= 15 is 8.78 Å². The molecule has 0 heterocycles. The van der Waals surface area contributed by atoms with E-state index in [2.05, 4.69) is 13.5 Å². The number of alkyl halides is 3. The normalized spacial score (nSPS) is 45.6. The molecule has 9 fully saturated rings. The second-order valence-corrected chi connectivity index (χ2v) is 31.2. The van der Waals surface area contributed by atoms with E-state index in [9.17, 15) is 68.7 Å². The number of hydrogen-bond donors (Lipinski definition) is 5. The SMILES string of the molecule is C=C1C[C@H]2[C@@H]3CCC4=CC(=O)C=C[C@]4(C)[C@@]3(F)[C@@H](O)C[C@]2(C)[C@@]1(O)C(=O)COC(C)=O.CCOC(=O)OCC(=O)[C@@]1(OC(=O)OCC)[C@@H](C)C[C@H]2[C@@H]3CCC4=CC(=O)C=C[C@]4(C)[C@H]3[C@@H](O)C[C@@]21C.C[C@H]1C[C@H]2[C@@H]3CCC4=CC(=O)C=C[C@]4(C)[C@@]3(F)[C@@H](O)C[C@]2(C)[C@@]1(O)C(=O)CCl. The Balaban J connectivity index is 0.000000158. The highest BCUT2D eigenvalue weighted by Crippen LogP contribution is 2.74. The first-order valence-electron chi connectivity index (χ1n) is 34.0. The van der Waals surface area contributed by atoms with Gasteiger partial charge in [-0.05, 0) is 176 Å². The predicted octanol–water partition coefficient (Wildman–Crippen LogP) is 9.69. The van der Waals surface area contributed by atoms with Gasteiger partial charge in [0.15, 0.2) is 58.9 Å². The lowest BCUT2D eigenvalue weighted by Crippen LogP contribution is -2.69. The molecule has 0 aromatic heterocycles. The molecule has 5 N–H and O–H groups in total. The minimum atomic E-state index is -2.05. The quantitative estimate of drug-likeness (QED) is 0.0556. The molecule has 0 unspecified atom stereocenters. The summed E-state index contributed by atoms with van der Waals surface area (Å²) in [5.41, 5.74) is -12.4. The lowest BCUT2D eigenvalue weighted by molar-refractivity contribution is -0.218. The zero-order valence-corrected chi connectivity index (χ0v) is 57.7. The van der Waals surface area contributed by atoms with Crippen molar-refractivity contribution in [1.82, 2.24) is 0 Å². The van der Waals surface area contributed by atoms with Gasteiger partial charge in [0.25, 0.3) is 0 Å². The fourth-order valence-electron chi connectivity index (χ4n) is 22.4. The van der Waals surface area contributed by atoms with Crippen LogP contribution in [-0.4, -0.2) is 157 Å². The van der Waals surface area contributed by atoms with E-state index in [0.717, 1.165) is 17.6 Å². The number of ketones is 6. The largest absolute Gasteiger partial charge is 0.509 e. The number of carbonyl (C=O) groups excluding carboxylic acids is 9. The molecular formula is C74H95ClF2O19. The van der Waals surface area contributed by atoms with Crippen molar-refractivity contribution in [3.8, 4) is 0 Å². The molecule has 0 spiro atoms. The van der Waals surface area contributed by atoms with Gasteiger partial charge in [0.2, 0.25) is 11.6 Å². The first kappa shape index (κ1) is 72.9. The van der Waals surface area contributed by atoms with Gasteiger partial charge < -0.3 is 49.2 Å². The number of ether oxygens (including phenoxy) is 5. The Morgan fingerprint density at radius 2 is 1.08 bits per heavy atom. The van der Waals surface area contributed by atoms with Crippen LogP contribution in [0.15, 0.2) is 83.6 Å². The Bertz CT molecular complexity index is 3500. The minimum Gasteiger partial charge on any atom is -0.458 e. The molecule has 0 bridgehead atoms. The van der Waals surface area contributed by atoms with Crippen molar-refractivity contribution in [1.29, 1.82) is 0 Å². The van der Waals surface area contributed by atoms with Crippen LogP contribution in [-0.2, 0) is 57.2 Å². The van der Waals surface area contributed by atoms with Crippen LogP contribution in [0.5, 0.6) is 0 Å². The topological polar surface area (TPSA) is 301 Å². The Morgan fingerprint density at radius 3 is 1.62 bits per heavy atom. The summed E-state index contributed by atoms with van der Waals surface area (Å²) < 4.78 is 59.6. The molecule has 19 nitrogen and oxygen atoms in total. The smallest absolute Gasteiger partial charge is 0.458 e. The maximum Gasteiger partial charge on any atom is 0.509 e. The number of rotatable bonds is 11. The lowest BCUT2D eigenvalue weighted by Gasteiger charge is -2.62. The molecule has 0 radical (unpaired) electrons. The molecule has 0 amide bonds. The average Bonchev–Trinajstić information content (AvgIpc) is 1.37. The summed E-state index contributed by atoms with van der Waals surface area (Å²) in [7, 11) is 0. The number of hydrogen-bond acceptors (Lipinski definition) is 19. The minimum absolute atomic E-state index is 0.0151. The average molecular weight is 1360 g/mol. The number of aliphatic hydroxyl groups is 5. The van der Waals surface area contributed by atoms with Crippen LogP contribution in [0.1, 0.15) is 153 Å². The number of allylic oxidation sites excluding steroid dienone is 12. The molecule has 96 heavy (non-hydrogen) atoms. The Kier molecular flexibility index (Phi) is 19.1. The van der Waals surface area contributed by atoms with E-state index < -0.39 is 151 Å². The molecule has 0 saturated heterocycles. The van der Waals surface area contributed by atoms with Crippen LogP contribution < -0.4 is 0 Å². The highest BCUT2D eigenvalue weighted by Gasteiger charge is 2.78. The predicted molar refractivity (Wildman–Crippen MR) is 344 cm³/mol. The first-order valence-corrected chi connectivity index (χ1v) is 34.6. The molecule has 23 atom stereocenters. The molecular weight excluding hydrogens is 1270 g/mol. The standard InChI is InChI=1S/C28H38O9.C24H29FO6.C22H28ClFO4/c1-6-34-24(32)36-15-22(31)28(37-25(33)35-7-2)16(3)12-20-19-9-8-17-13-18(29)10-11-26(17,4)23(19)21(30)14-27(20,28)5;1-13-9-18-17-6-5-15-10-16(27)7-8-21(15,3)23(17,25)19(28)11-22(18,4)24(13,30)20(29)12-31-14(2)26;1-12-8-16-15-5-4-13-9-14(25)6-7-19(13,2)21(15,24)17(26)10-20(16,3)22(12,28)18(27)11-23/h10-11,13,16,19-21,23,30H,6-9,12,14-15H2,1-5H3;7-8,10,17-19,28,30H,1,5-6,9,11-12H2,2-4H3;6-7,9,12,15-17,26,28H,4-5,8,10-11H2,1-3H3/t16-,19-,20-,21-,23+,26-,27-,28-;17-,18-,19-,21-,22-,23-,24-;12-,15-,16-,17-,19-,20-,21-,22-/m000/s1. The van der Waals surface area contributed by atoms with Crippen molar-refractivity contribution in [3.05, 3.63) is 83.6 Å². The molecule has 0 aliphatic heterocycles. The third-order valence-corrected chi connectivity index (χ3v) is 27.2. The summed E-state index contributed by atoms with van der Waals surface area (Å²) in [6.07, 6.45) is 13.3. The van der Waals surface area contributed by atoms with E-state index in [1.165, 1.54) is 31.2 Å². The van der Waals surface area contributed by atoms with Crippen molar-refractivity contribution < 1.29 is 101 Å². The van der Waals surface area contributed by atoms with E-state index in [-0.39, 0.29) is 97.3 Å². The van der Waals surface area contributed by atoms with Gasteiger partial charge in [-0.3, -0.25) is 33.6 Å². The molecule has 12 aliphatic carbocycles. The van der Waals surface area contributed by atoms with Crippen molar-refractivity contribution in [2.24, 2.45) is 85.8 Å². The molecule has 0 aromatic rings. The summed E-state index contributed by atoms with van der Waals surface area (Å²) in [4.78, 5) is 111. The van der Waals surface area contributed by atoms with E-state index in [1.807, 2.05) is 33.8 Å². The summed E-state index contributed by atoms with van der Waals surface area (Å²) in [5, 5.41) is 57.1. The van der Waals surface area contributed by atoms with Crippen LogP contribution in [0.3, 0.4) is 0 Å². The zero-order chi connectivity index (χ0) is 70.9. The maximum atomic E-state index is 17.0. The third kappa shape index (κ3) is 10.2. The summed E-state index contributed by atoms with van der Waals surface area (Å²) in [6.45, 7) is 21.9. The molecule has 526 valence electrons. The van der Waals surface area contributed by atoms with Gasteiger partial charge in [0.1, 0.15) is 5.60 Å². The Morgan fingerprint density at radius 1 is 0.594 bits per heavy atom. The molecule has 0 aromatic carbocycles. The molecule has 12 aliphatic rings. The van der Waals surface area contributed by atoms with Crippen molar-refractivity contribution in [2.45, 2.75) is 200 Å². The molecule has 9 saturated carbocycles. The highest BCUT2D eigenvalue weighted by molar-refractivity contribution is 6.29. The monoisotopic (exact) mass is 1360 g/mol. The van der Waals surface area contributed by atoms with Crippen LogP contribution in [0, 0.1) is 85.8 Å². The number of Topliss-reactive ketones (excluding diaryl/α,β-unsaturated/α-hetero) is 3. The lowest BCUT2D eigenvalue weighted by atomic mass is 9.44. The summed E-state index contributed by atoms with van der Waals surface area (Å²) >= 11 is 5.81. The zero-order valence-electron chi connectivity index (χ0n) is 56.9. The van der Waals surface area contributed by atoms with Gasteiger partial charge >= 0.3 is 18.3 Å². The van der Waals surface area contributed by atoms with Gasteiger partial charge in [0.05, 0.1) is 37.4 Å². The van der Waals surface area contributed by atoms with Gasteiger partial charge in [-0.25, -0.2) is 18.4 Å². The van der Waals surface area contributed by atoms with E-state index in [4.69, 9.17) is 35.3 Å². The van der Waals surface area contributed by atoms with Crippen molar-refractivity contribution >= 4 is 64.6 Å². The van der Waals surface area contributed by atoms with Crippen LogP contribution in [0.4, 0.5) is 18.4 Å².